The Morgan fingerprint density at radius 1 is 1.14 bits per heavy atom. The van der Waals surface area contributed by atoms with Gasteiger partial charge in [-0.15, -0.1) is 0 Å². The fourth-order valence-electron chi connectivity index (χ4n) is 1.18. The van der Waals surface area contributed by atoms with Gasteiger partial charge in [0.25, 0.3) is 0 Å². The van der Waals surface area contributed by atoms with Crippen LogP contribution in [0.3, 0.4) is 0 Å². The van der Waals surface area contributed by atoms with E-state index in [0.29, 0.717) is 6.61 Å². The van der Waals surface area contributed by atoms with Crippen LogP contribution >= 0.6 is 0 Å². The summed E-state index contributed by atoms with van der Waals surface area (Å²) in [5, 5.41) is 0. The first-order chi connectivity index (χ1) is 6.39. The number of ether oxygens (including phenoxy) is 3. The van der Waals surface area contributed by atoms with E-state index < -0.39 is 0 Å². The van der Waals surface area contributed by atoms with Crippen LogP contribution in [0.2, 0.25) is 0 Å². The highest BCUT2D eigenvalue weighted by Gasteiger charge is 2.48. The van der Waals surface area contributed by atoms with Crippen molar-refractivity contribution in [3.63, 3.8) is 0 Å². The molecule has 1 rings (SSSR count). The van der Waals surface area contributed by atoms with E-state index in [-0.39, 0.29) is 17.5 Å². The van der Waals surface area contributed by atoms with Crippen LogP contribution in [-0.2, 0) is 14.2 Å². The molecule has 0 aromatic carbocycles. The molecule has 0 aliphatic carbocycles. The van der Waals surface area contributed by atoms with Gasteiger partial charge in [0.15, 0.2) is 6.29 Å². The summed E-state index contributed by atoms with van der Waals surface area (Å²) in [5.41, 5.74) is -0.539. The summed E-state index contributed by atoms with van der Waals surface area (Å²) in [5.74, 6) is 0. The molecular formula is C11H20O3. The van der Waals surface area contributed by atoms with Gasteiger partial charge in [-0.25, -0.2) is 0 Å². The fourth-order valence-corrected chi connectivity index (χ4v) is 1.18. The highest BCUT2D eigenvalue weighted by atomic mass is 16.7. The first-order valence-electron chi connectivity index (χ1n) is 5.03. The van der Waals surface area contributed by atoms with E-state index in [1.165, 1.54) is 0 Å². The summed E-state index contributed by atoms with van der Waals surface area (Å²) in [6, 6.07) is 0. The predicted molar refractivity (Wildman–Crippen MR) is 54.9 cm³/mol. The molecule has 0 bridgehead atoms. The number of rotatable bonds is 3. The predicted octanol–water partition coefficient (Wildman–Crippen LogP) is 2.47. The van der Waals surface area contributed by atoms with E-state index in [9.17, 15) is 0 Å². The van der Waals surface area contributed by atoms with Crippen LogP contribution in [0.4, 0.5) is 0 Å². The normalized spacial score (nSPS) is 25.8. The first-order valence-corrected chi connectivity index (χ1v) is 5.03. The van der Waals surface area contributed by atoms with Gasteiger partial charge in [-0.2, -0.15) is 0 Å². The highest BCUT2D eigenvalue weighted by molar-refractivity contribution is 4.98. The second-order valence-electron chi connectivity index (χ2n) is 4.41. The van der Waals surface area contributed by atoms with Crippen molar-refractivity contribution in [1.29, 1.82) is 0 Å². The van der Waals surface area contributed by atoms with Gasteiger partial charge in [0, 0.05) is 6.08 Å². The van der Waals surface area contributed by atoms with Crippen LogP contribution in [0.15, 0.2) is 12.3 Å². The largest absolute Gasteiger partial charge is 0.502 e. The molecular weight excluding hydrogens is 180 g/mol. The maximum atomic E-state index is 5.72. The van der Waals surface area contributed by atoms with Gasteiger partial charge in [0.05, 0.1) is 24.1 Å². The summed E-state index contributed by atoms with van der Waals surface area (Å²) in [6.45, 7) is 10.7. The van der Waals surface area contributed by atoms with Gasteiger partial charge in [-0.1, -0.05) is 0 Å². The molecule has 0 N–H and O–H groups in total. The highest BCUT2D eigenvalue weighted by Crippen LogP contribution is 2.38. The summed E-state index contributed by atoms with van der Waals surface area (Å²) < 4.78 is 16.5. The van der Waals surface area contributed by atoms with Crippen molar-refractivity contribution in [2.24, 2.45) is 0 Å². The average Bonchev–Trinajstić information content (AvgIpc) is 2.21. The van der Waals surface area contributed by atoms with Crippen LogP contribution in [0.25, 0.3) is 0 Å². The standard InChI is InChI=1S/C11H20O3/c1-6-12-8-7-9-13-10(2,3)11(4,5)14-9/h7-9H,6H2,1-5H3. The van der Waals surface area contributed by atoms with E-state index in [2.05, 4.69) is 0 Å². The summed E-state index contributed by atoms with van der Waals surface area (Å²) in [6.07, 6.45) is 3.12. The Bertz CT molecular complexity index is 203. The lowest BCUT2D eigenvalue weighted by Gasteiger charge is -2.30. The Kier molecular flexibility index (Phi) is 3.22. The zero-order valence-corrected chi connectivity index (χ0v) is 9.66. The lowest BCUT2D eigenvalue weighted by atomic mass is 9.90. The van der Waals surface area contributed by atoms with Crippen molar-refractivity contribution in [3.05, 3.63) is 12.3 Å². The molecule has 0 atom stereocenters. The molecule has 0 spiro atoms. The maximum absolute atomic E-state index is 5.72. The second kappa shape index (κ2) is 3.91. The Balaban J connectivity index is 2.55. The zero-order valence-electron chi connectivity index (χ0n) is 9.66. The van der Waals surface area contributed by atoms with Crippen molar-refractivity contribution in [2.45, 2.75) is 52.1 Å². The van der Waals surface area contributed by atoms with Gasteiger partial charge in [-0.05, 0) is 34.6 Å². The molecule has 1 heterocycles. The summed E-state index contributed by atoms with van der Waals surface area (Å²) >= 11 is 0. The molecule has 1 aliphatic heterocycles. The van der Waals surface area contributed by atoms with E-state index in [1.807, 2.05) is 34.6 Å². The minimum Gasteiger partial charge on any atom is -0.502 e. The van der Waals surface area contributed by atoms with Gasteiger partial charge in [-0.3, -0.25) is 0 Å². The van der Waals surface area contributed by atoms with Crippen LogP contribution < -0.4 is 0 Å². The van der Waals surface area contributed by atoms with Crippen molar-refractivity contribution in [3.8, 4) is 0 Å². The topological polar surface area (TPSA) is 27.7 Å². The molecule has 0 aromatic rings. The van der Waals surface area contributed by atoms with Gasteiger partial charge in [0.2, 0.25) is 0 Å². The Labute approximate surface area is 86.0 Å². The minimum absolute atomic E-state index is 0.270. The Morgan fingerprint density at radius 2 is 1.64 bits per heavy atom. The van der Waals surface area contributed by atoms with Crippen molar-refractivity contribution in [2.75, 3.05) is 6.61 Å². The van der Waals surface area contributed by atoms with E-state index in [0.717, 1.165) is 0 Å². The van der Waals surface area contributed by atoms with E-state index >= 15 is 0 Å². The summed E-state index contributed by atoms with van der Waals surface area (Å²) in [7, 11) is 0. The fraction of sp³-hybridized carbons (Fsp3) is 0.818. The third kappa shape index (κ3) is 2.28. The quantitative estimate of drug-likeness (QED) is 0.655. The smallest absolute Gasteiger partial charge is 0.181 e. The zero-order chi connectivity index (χ0) is 10.8. The van der Waals surface area contributed by atoms with Crippen LogP contribution in [0.1, 0.15) is 34.6 Å². The molecule has 0 radical (unpaired) electrons. The Morgan fingerprint density at radius 3 is 2.07 bits per heavy atom. The lowest BCUT2D eigenvalue weighted by Crippen LogP contribution is -2.41. The minimum atomic E-state index is -0.299. The Hall–Kier alpha value is -0.540. The molecule has 14 heavy (non-hydrogen) atoms. The molecule has 0 amide bonds. The van der Waals surface area contributed by atoms with E-state index in [1.54, 1.807) is 12.3 Å². The first kappa shape index (κ1) is 11.5. The number of hydrogen-bond acceptors (Lipinski definition) is 3. The van der Waals surface area contributed by atoms with Crippen molar-refractivity contribution in [1.82, 2.24) is 0 Å². The van der Waals surface area contributed by atoms with Gasteiger partial charge in [0.1, 0.15) is 0 Å². The molecule has 1 fully saturated rings. The van der Waals surface area contributed by atoms with Crippen molar-refractivity contribution < 1.29 is 14.2 Å². The second-order valence-corrected chi connectivity index (χ2v) is 4.41. The third-order valence-electron chi connectivity index (χ3n) is 2.77. The number of hydrogen-bond donors (Lipinski definition) is 0. The maximum Gasteiger partial charge on any atom is 0.181 e. The van der Waals surface area contributed by atoms with Crippen LogP contribution in [0, 0.1) is 0 Å². The molecule has 3 heteroatoms. The molecule has 1 saturated heterocycles. The molecule has 1 aliphatic rings. The summed E-state index contributed by atoms with van der Waals surface area (Å²) in [4.78, 5) is 0. The molecule has 0 saturated carbocycles. The van der Waals surface area contributed by atoms with Crippen LogP contribution in [0.5, 0.6) is 0 Å². The monoisotopic (exact) mass is 200 g/mol. The van der Waals surface area contributed by atoms with Gasteiger partial charge < -0.3 is 14.2 Å². The van der Waals surface area contributed by atoms with Crippen LogP contribution in [-0.4, -0.2) is 24.1 Å². The van der Waals surface area contributed by atoms with Crippen molar-refractivity contribution >= 4 is 0 Å². The lowest BCUT2D eigenvalue weighted by molar-refractivity contribution is -0.0519. The average molecular weight is 200 g/mol. The molecule has 3 nitrogen and oxygen atoms in total. The molecule has 0 aromatic heterocycles. The molecule has 82 valence electrons. The third-order valence-corrected chi connectivity index (χ3v) is 2.77. The van der Waals surface area contributed by atoms with Gasteiger partial charge >= 0.3 is 0 Å². The molecule has 0 unspecified atom stereocenters. The SMILES string of the molecule is CCOC=CC1OC(C)(C)C(C)(C)O1. The van der Waals surface area contributed by atoms with E-state index in [4.69, 9.17) is 14.2 Å².